The maximum atomic E-state index is 12.9. The summed E-state index contributed by atoms with van der Waals surface area (Å²) < 4.78 is 11.5. The second-order valence-corrected chi connectivity index (χ2v) is 9.41. The minimum atomic E-state index is -0.501. The Kier molecular flexibility index (Phi) is 13.0. The summed E-state index contributed by atoms with van der Waals surface area (Å²) in [7, 11) is 4.01. The van der Waals surface area contributed by atoms with Gasteiger partial charge in [0.25, 0.3) is 11.8 Å². The molecule has 0 heterocycles. The molecule has 2 amide bonds. The molecule has 0 fully saturated rings. The molecule has 0 aliphatic carbocycles. The van der Waals surface area contributed by atoms with Gasteiger partial charge in [-0.3, -0.25) is 9.59 Å². The molecule has 8 nitrogen and oxygen atoms in total. The van der Waals surface area contributed by atoms with Crippen LogP contribution in [0.1, 0.15) is 35.3 Å². The number of hydrogen-bond acceptors (Lipinski definition) is 6. The zero-order chi connectivity index (χ0) is 28.2. The first kappa shape index (κ1) is 32.2. The van der Waals surface area contributed by atoms with Gasteiger partial charge in [-0.2, -0.15) is 0 Å². The maximum Gasteiger partial charge on any atom is 0.267 e. The number of aliphatic hydroxyl groups is 1. The van der Waals surface area contributed by atoms with E-state index in [0.717, 1.165) is 12.1 Å². The van der Waals surface area contributed by atoms with Gasteiger partial charge >= 0.3 is 0 Å². The minimum Gasteiger partial charge on any atom is -0.493 e. The maximum absolute atomic E-state index is 12.9. The van der Waals surface area contributed by atoms with E-state index in [-0.39, 0.29) is 37.4 Å². The van der Waals surface area contributed by atoms with Crippen molar-refractivity contribution in [1.29, 1.82) is 0 Å². The van der Waals surface area contributed by atoms with Crippen molar-refractivity contribution in [3.05, 3.63) is 95.2 Å². The van der Waals surface area contributed by atoms with E-state index in [4.69, 9.17) is 14.6 Å². The lowest BCUT2D eigenvalue weighted by Gasteiger charge is -2.13. The molecule has 0 aliphatic rings. The van der Waals surface area contributed by atoms with Crippen molar-refractivity contribution < 1.29 is 24.2 Å². The number of ether oxygens (including phenoxy) is 2. The van der Waals surface area contributed by atoms with E-state index in [2.05, 4.69) is 39.8 Å². The highest BCUT2D eigenvalue weighted by atomic mass is 35.5. The van der Waals surface area contributed by atoms with Gasteiger partial charge in [0.05, 0.1) is 19.3 Å². The first-order chi connectivity index (χ1) is 18.7. The van der Waals surface area contributed by atoms with Crippen LogP contribution < -0.4 is 25.0 Å². The molecule has 0 aliphatic heterocycles. The molecule has 0 atom stereocenters. The van der Waals surface area contributed by atoms with Crippen molar-refractivity contribution in [3.63, 3.8) is 0 Å². The molecule has 3 N–H and O–H groups in total. The van der Waals surface area contributed by atoms with Crippen LogP contribution in [-0.2, 0) is 11.2 Å². The predicted octanol–water partition coefficient (Wildman–Crippen LogP) is 4.46. The Bertz CT molecular complexity index is 1240. The monoisotopic (exact) mass is 567 g/mol. The summed E-state index contributed by atoms with van der Waals surface area (Å²) in [6, 6.07) is 22.3. The number of carbonyl (C=O) groups excluding carboxylic acids is 2. The number of carbonyl (C=O) groups is 2. The van der Waals surface area contributed by atoms with Crippen LogP contribution in [0.25, 0.3) is 6.08 Å². The minimum absolute atomic E-state index is 0. The number of amides is 2. The first-order valence-corrected chi connectivity index (χ1v) is 12.9. The molecule has 0 saturated heterocycles. The van der Waals surface area contributed by atoms with Crippen LogP contribution in [0.2, 0.25) is 0 Å². The van der Waals surface area contributed by atoms with Crippen molar-refractivity contribution in [2.24, 2.45) is 0 Å². The molecular formula is C31H38ClN3O5. The molecule has 214 valence electrons. The summed E-state index contributed by atoms with van der Waals surface area (Å²) in [4.78, 5) is 27.7. The second-order valence-electron chi connectivity index (χ2n) is 9.41. The lowest BCUT2D eigenvalue weighted by atomic mass is 10.1. The number of aliphatic hydroxyl groups excluding tert-OH is 1. The quantitative estimate of drug-likeness (QED) is 0.264. The summed E-state index contributed by atoms with van der Waals surface area (Å²) in [6.45, 7) is 4.25. The second kappa shape index (κ2) is 16.2. The molecule has 40 heavy (non-hydrogen) atoms. The van der Waals surface area contributed by atoms with Gasteiger partial charge in [-0.1, -0.05) is 24.3 Å². The van der Waals surface area contributed by atoms with Gasteiger partial charge in [0.2, 0.25) is 0 Å². The van der Waals surface area contributed by atoms with Crippen LogP contribution >= 0.6 is 12.4 Å². The highest BCUT2D eigenvalue weighted by molar-refractivity contribution is 6.05. The van der Waals surface area contributed by atoms with Crippen LogP contribution in [0.4, 0.5) is 5.69 Å². The SMILES string of the molecule is CC(C)Oc1ccc(/C=C(\NC(=O)c2ccc(OCCc3ccc(N(C)C)cc3)cc2)C(=O)NCCO)cc1.Cl. The van der Waals surface area contributed by atoms with E-state index in [1.54, 1.807) is 54.6 Å². The number of anilines is 1. The zero-order valence-electron chi connectivity index (χ0n) is 23.3. The molecule has 3 rings (SSSR count). The number of rotatable bonds is 13. The van der Waals surface area contributed by atoms with Crippen molar-refractivity contribution in [3.8, 4) is 11.5 Å². The molecular weight excluding hydrogens is 530 g/mol. The normalized spacial score (nSPS) is 10.9. The Morgan fingerprint density at radius 2 is 1.55 bits per heavy atom. The molecule has 3 aromatic rings. The third-order valence-electron chi connectivity index (χ3n) is 5.68. The summed E-state index contributed by atoms with van der Waals surface area (Å²) in [5.41, 5.74) is 3.47. The van der Waals surface area contributed by atoms with Crippen molar-refractivity contribution in [2.75, 3.05) is 38.8 Å². The molecule has 0 saturated carbocycles. The summed E-state index contributed by atoms with van der Waals surface area (Å²) in [5.74, 6) is 0.421. The molecule has 9 heteroatoms. The summed E-state index contributed by atoms with van der Waals surface area (Å²) >= 11 is 0. The first-order valence-electron chi connectivity index (χ1n) is 12.9. The van der Waals surface area contributed by atoms with E-state index in [1.165, 1.54) is 5.56 Å². The highest BCUT2D eigenvalue weighted by Gasteiger charge is 2.15. The van der Waals surface area contributed by atoms with Crippen LogP contribution in [-0.4, -0.2) is 56.9 Å². The number of benzene rings is 3. The van der Waals surface area contributed by atoms with Gasteiger partial charge in [-0.05, 0) is 79.6 Å². The van der Waals surface area contributed by atoms with Crippen molar-refractivity contribution in [1.82, 2.24) is 10.6 Å². The molecule has 0 unspecified atom stereocenters. The Balaban J connectivity index is 0.00000560. The average molecular weight is 568 g/mol. The summed E-state index contributed by atoms with van der Waals surface area (Å²) in [6.07, 6.45) is 2.38. The van der Waals surface area contributed by atoms with E-state index in [9.17, 15) is 9.59 Å². The van der Waals surface area contributed by atoms with Crippen molar-refractivity contribution >= 4 is 36.0 Å². The fourth-order valence-electron chi connectivity index (χ4n) is 3.65. The number of halogens is 1. The van der Waals surface area contributed by atoms with E-state index < -0.39 is 11.8 Å². The van der Waals surface area contributed by atoms with Crippen LogP contribution in [0, 0.1) is 0 Å². The lowest BCUT2D eigenvalue weighted by molar-refractivity contribution is -0.117. The van der Waals surface area contributed by atoms with Gasteiger partial charge in [0.15, 0.2) is 0 Å². The third-order valence-corrected chi connectivity index (χ3v) is 5.68. The van der Waals surface area contributed by atoms with E-state index in [1.807, 2.05) is 27.9 Å². The molecule has 0 radical (unpaired) electrons. The third kappa shape index (κ3) is 10.3. The van der Waals surface area contributed by atoms with Crippen LogP contribution in [0.3, 0.4) is 0 Å². The van der Waals surface area contributed by atoms with E-state index in [0.29, 0.717) is 29.2 Å². The molecule has 3 aromatic carbocycles. The van der Waals surface area contributed by atoms with Crippen LogP contribution in [0.15, 0.2) is 78.5 Å². The molecule has 0 aromatic heterocycles. The van der Waals surface area contributed by atoms with E-state index >= 15 is 0 Å². The van der Waals surface area contributed by atoms with Crippen LogP contribution in [0.5, 0.6) is 11.5 Å². The Hall–Kier alpha value is -4.01. The lowest BCUT2D eigenvalue weighted by Crippen LogP contribution is -2.36. The number of hydrogen-bond donors (Lipinski definition) is 3. The Labute approximate surface area is 242 Å². The predicted molar refractivity (Wildman–Crippen MR) is 161 cm³/mol. The molecule has 0 bridgehead atoms. The number of nitrogens with one attached hydrogen (secondary N) is 2. The summed E-state index contributed by atoms with van der Waals surface area (Å²) in [5, 5.41) is 14.4. The number of nitrogens with zero attached hydrogens (tertiary/aromatic N) is 1. The standard InChI is InChI=1S/C31H37N3O5.ClH/c1-22(2)39-28-13-7-24(8-14-28)21-29(31(37)32-18-19-35)33-30(36)25-9-15-27(16-10-25)38-20-17-23-5-11-26(12-6-23)34(3)4;/h5-16,21-22,35H,17-20H2,1-4H3,(H,32,37)(H,33,36);1H/b29-21-;. The molecule has 0 spiro atoms. The van der Waals surface area contributed by atoms with Gasteiger partial charge in [-0.25, -0.2) is 0 Å². The fourth-order valence-corrected chi connectivity index (χ4v) is 3.65. The van der Waals surface area contributed by atoms with Gasteiger partial charge < -0.3 is 30.1 Å². The highest BCUT2D eigenvalue weighted by Crippen LogP contribution is 2.17. The largest absolute Gasteiger partial charge is 0.493 e. The Morgan fingerprint density at radius 1 is 0.925 bits per heavy atom. The van der Waals surface area contributed by atoms with Gasteiger partial charge in [0.1, 0.15) is 17.2 Å². The smallest absolute Gasteiger partial charge is 0.267 e. The van der Waals surface area contributed by atoms with Crippen molar-refractivity contribution in [2.45, 2.75) is 26.4 Å². The average Bonchev–Trinajstić information content (AvgIpc) is 2.92. The Morgan fingerprint density at radius 3 is 2.12 bits per heavy atom. The fraction of sp³-hybridized carbons (Fsp3) is 0.290. The zero-order valence-corrected chi connectivity index (χ0v) is 24.2. The van der Waals surface area contributed by atoms with Gasteiger partial charge in [0, 0.05) is 38.3 Å². The van der Waals surface area contributed by atoms with Gasteiger partial charge in [-0.15, -0.1) is 12.4 Å². The topological polar surface area (TPSA) is 100 Å².